The Bertz CT molecular complexity index is 394. The van der Waals surface area contributed by atoms with E-state index in [1.807, 2.05) is 0 Å². The maximum Gasteiger partial charge on any atom is 0 e. The first-order valence-corrected chi connectivity index (χ1v) is 4.33. The monoisotopic (exact) mass is 251 g/mol. The smallest absolute Gasteiger partial charge is 0 e. The van der Waals surface area contributed by atoms with E-state index >= 15 is 0 Å². The van der Waals surface area contributed by atoms with Gasteiger partial charge < -0.3 is 4.98 Å². The fraction of sp³-hybridized carbons (Fsp3) is 0.222. The van der Waals surface area contributed by atoms with Gasteiger partial charge in [0.1, 0.15) is 0 Å². The second kappa shape index (κ2) is 3.95. The molecule has 12 heavy (non-hydrogen) atoms. The van der Waals surface area contributed by atoms with E-state index in [0.717, 1.165) is 5.52 Å². The number of hydrogen-bond acceptors (Lipinski definition) is 2. The Hall–Kier alpha value is 0.214. The molecule has 0 N–H and O–H groups in total. The SMILES string of the molecule is Cc1cc(C)c2n[c-]sc2c1.[Y]. The van der Waals surface area contributed by atoms with E-state index in [2.05, 4.69) is 36.5 Å². The predicted octanol–water partition coefficient (Wildman–Crippen LogP) is 2.71. The van der Waals surface area contributed by atoms with Gasteiger partial charge in [-0.05, 0) is 12.4 Å². The molecule has 0 atom stereocenters. The molecule has 2 aromatic rings. The zero-order valence-corrected chi connectivity index (χ0v) is 10.7. The van der Waals surface area contributed by atoms with Crippen molar-refractivity contribution in [3.63, 3.8) is 0 Å². The summed E-state index contributed by atoms with van der Waals surface area (Å²) in [5.41, 5.74) is 6.54. The van der Waals surface area contributed by atoms with Gasteiger partial charge in [0.2, 0.25) is 0 Å². The van der Waals surface area contributed by atoms with Gasteiger partial charge in [-0.15, -0.1) is 6.07 Å². The second-order valence-electron chi connectivity index (χ2n) is 2.73. The number of aromatic nitrogens is 1. The quantitative estimate of drug-likeness (QED) is 0.656. The van der Waals surface area contributed by atoms with Crippen LogP contribution >= 0.6 is 11.3 Å². The molecule has 0 amide bonds. The Kier molecular flexibility index (Phi) is 3.39. The van der Waals surface area contributed by atoms with Crippen LogP contribution in [0.15, 0.2) is 12.1 Å². The third-order valence-corrected chi connectivity index (χ3v) is 2.44. The van der Waals surface area contributed by atoms with Gasteiger partial charge in [0.05, 0.1) is 0 Å². The van der Waals surface area contributed by atoms with Crippen LogP contribution < -0.4 is 0 Å². The van der Waals surface area contributed by atoms with E-state index < -0.39 is 0 Å². The summed E-state index contributed by atoms with van der Waals surface area (Å²) in [5, 5.41) is 0. The number of benzene rings is 1. The van der Waals surface area contributed by atoms with Gasteiger partial charge in [0.25, 0.3) is 0 Å². The van der Waals surface area contributed by atoms with Gasteiger partial charge in [-0.2, -0.15) is 0 Å². The van der Waals surface area contributed by atoms with Crippen molar-refractivity contribution in [1.29, 1.82) is 0 Å². The van der Waals surface area contributed by atoms with Gasteiger partial charge in [-0.1, -0.05) is 34.3 Å². The molecular formula is C9H8NSY-. The van der Waals surface area contributed by atoms with Crippen molar-refractivity contribution in [2.45, 2.75) is 13.8 Å². The zero-order valence-electron chi connectivity index (χ0n) is 7.09. The minimum atomic E-state index is 0. The van der Waals surface area contributed by atoms with Crippen molar-refractivity contribution >= 4 is 21.6 Å². The van der Waals surface area contributed by atoms with E-state index in [1.165, 1.54) is 15.8 Å². The maximum atomic E-state index is 4.15. The molecule has 0 spiro atoms. The molecular weight excluding hydrogens is 243 g/mol. The number of aryl methyl sites for hydroxylation is 2. The number of nitrogens with zero attached hydrogens (tertiary/aromatic N) is 1. The van der Waals surface area contributed by atoms with E-state index in [-0.39, 0.29) is 32.7 Å². The molecule has 0 fully saturated rings. The zero-order chi connectivity index (χ0) is 7.84. The minimum absolute atomic E-state index is 0. The third kappa shape index (κ3) is 1.76. The molecule has 59 valence electrons. The van der Waals surface area contributed by atoms with Crippen molar-refractivity contribution in [3.05, 3.63) is 28.8 Å². The molecule has 0 aliphatic rings. The van der Waals surface area contributed by atoms with Crippen molar-refractivity contribution in [3.8, 4) is 0 Å². The van der Waals surface area contributed by atoms with Crippen LogP contribution in [0.25, 0.3) is 10.2 Å². The summed E-state index contributed by atoms with van der Waals surface area (Å²) in [6.07, 6.45) is 0. The van der Waals surface area contributed by atoms with Gasteiger partial charge in [0.15, 0.2) is 0 Å². The fourth-order valence-corrected chi connectivity index (χ4v) is 2.04. The Morgan fingerprint density at radius 1 is 1.33 bits per heavy atom. The summed E-state index contributed by atoms with van der Waals surface area (Å²) in [6.45, 7) is 4.19. The summed E-state index contributed by atoms with van der Waals surface area (Å²) in [7, 11) is 0. The molecule has 0 bridgehead atoms. The molecule has 0 aliphatic heterocycles. The molecule has 0 saturated heterocycles. The van der Waals surface area contributed by atoms with Crippen molar-refractivity contribution in [2.75, 3.05) is 0 Å². The van der Waals surface area contributed by atoms with Crippen LogP contribution in [0.4, 0.5) is 0 Å². The van der Waals surface area contributed by atoms with Gasteiger partial charge >= 0.3 is 0 Å². The number of thiazole rings is 1. The molecule has 0 saturated carbocycles. The summed E-state index contributed by atoms with van der Waals surface area (Å²) in [5.74, 6) is 0. The first kappa shape index (κ1) is 10.3. The average Bonchev–Trinajstić information content (AvgIpc) is 2.34. The van der Waals surface area contributed by atoms with E-state index in [0.29, 0.717) is 0 Å². The van der Waals surface area contributed by atoms with Gasteiger partial charge in [-0.3, -0.25) is 11.3 Å². The van der Waals surface area contributed by atoms with Crippen LogP contribution in [0.3, 0.4) is 0 Å². The molecule has 1 nitrogen and oxygen atoms in total. The normalized spacial score (nSPS) is 9.83. The first-order chi connectivity index (χ1) is 5.27. The Morgan fingerprint density at radius 3 is 2.83 bits per heavy atom. The molecule has 1 heterocycles. The molecule has 0 aliphatic carbocycles. The summed E-state index contributed by atoms with van der Waals surface area (Å²) in [4.78, 5) is 4.15. The Morgan fingerprint density at radius 2 is 2.08 bits per heavy atom. The minimum Gasteiger partial charge on any atom is -0.386 e. The second-order valence-corrected chi connectivity index (χ2v) is 3.56. The van der Waals surface area contributed by atoms with Crippen molar-refractivity contribution < 1.29 is 32.7 Å². The van der Waals surface area contributed by atoms with Crippen LogP contribution in [0.2, 0.25) is 0 Å². The summed E-state index contributed by atoms with van der Waals surface area (Å²) in [6, 6.07) is 4.30. The predicted molar refractivity (Wildman–Crippen MR) is 47.9 cm³/mol. The van der Waals surface area contributed by atoms with Crippen molar-refractivity contribution in [2.24, 2.45) is 0 Å². The van der Waals surface area contributed by atoms with Crippen LogP contribution in [0.1, 0.15) is 11.1 Å². The van der Waals surface area contributed by atoms with Gasteiger partial charge in [-0.25, -0.2) is 0 Å². The van der Waals surface area contributed by atoms with Crippen LogP contribution in [-0.2, 0) is 32.7 Å². The summed E-state index contributed by atoms with van der Waals surface area (Å²) < 4.78 is 1.24. The molecule has 2 rings (SSSR count). The summed E-state index contributed by atoms with van der Waals surface area (Å²) >= 11 is 1.58. The first-order valence-electron chi connectivity index (χ1n) is 3.51. The van der Waals surface area contributed by atoms with E-state index in [9.17, 15) is 0 Å². The number of fused-ring (bicyclic) bond motifs is 1. The Labute approximate surface area is 101 Å². The van der Waals surface area contributed by atoms with Crippen LogP contribution in [0, 0.1) is 19.4 Å². The average molecular weight is 251 g/mol. The van der Waals surface area contributed by atoms with Crippen LogP contribution in [0.5, 0.6) is 0 Å². The molecule has 1 aromatic heterocycles. The number of rotatable bonds is 0. The third-order valence-electron chi connectivity index (χ3n) is 1.72. The standard InChI is InChI=1S/C9H8NS.Y/c1-6-3-7(2)9-8(4-6)11-5-10-9;/h3-4H,1-2H3;/q-1;. The fourth-order valence-electron chi connectivity index (χ4n) is 1.26. The topological polar surface area (TPSA) is 12.9 Å². The van der Waals surface area contributed by atoms with Crippen LogP contribution in [-0.4, -0.2) is 4.98 Å². The number of hydrogen-bond donors (Lipinski definition) is 0. The van der Waals surface area contributed by atoms with Gasteiger partial charge in [0, 0.05) is 32.7 Å². The van der Waals surface area contributed by atoms with Crippen molar-refractivity contribution in [1.82, 2.24) is 4.98 Å². The molecule has 0 unspecified atom stereocenters. The van der Waals surface area contributed by atoms with E-state index in [4.69, 9.17) is 0 Å². The molecule has 1 radical (unpaired) electrons. The Balaban J connectivity index is 0.000000720. The van der Waals surface area contributed by atoms with E-state index in [1.54, 1.807) is 11.3 Å². The maximum absolute atomic E-state index is 4.15. The molecule has 1 aromatic carbocycles. The molecule has 3 heteroatoms. The largest absolute Gasteiger partial charge is 0.386 e.